The molecule has 2 aromatic rings. The number of aromatic amines is 1. The number of oxazole rings is 1. The van der Waals surface area contributed by atoms with Crippen LogP contribution < -0.4 is 11.1 Å². The number of rotatable bonds is 5. The molecular weight excluding hydrogens is 525 g/mol. The van der Waals surface area contributed by atoms with Crippen molar-refractivity contribution in [3.8, 4) is 0 Å². The molecule has 212 valence electrons. The SMILES string of the molecule is CC.CC(=O)Nc1ccc2[nH]c(=O)oc2c1.CS.O=CN1CCN(C2=CC[C@@H](OCC(F)(F)F)C=C2)CC1. The predicted octanol–water partition coefficient (Wildman–Crippen LogP) is 4.20. The number of nitrogens with zero attached hydrogens (tertiary/aromatic N) is 2. The summed E-state index contributed by atoms with van der Waals surface area (Å²) >= 11 is 3.53. The Morgan fingerprint density at radius 3 is 2.42 bits per heavy atom. The molecule has 1 aromatic carbocycles. The number of thiol groups is 1. The standard InChI is InChI=1S/C13H17F3N2O2.C9H8N2O3.C2H6.CH4S/c14-13(15,16)9-20-12-3-1-11(2-4-12)18-7-5-17(10-19)6-8-18;1-5(12)10-6-2-3-7-8(4-6)14-9(13)11-7;2*1-2/h1-3,10,12H,4-9H2;2-4H,1H3,(H,10,12)(H,11,13);1-2H3;2H,1H3/t12-;;;/m0.../s1. The number of benzene rings is 1. The summed E-state index contributed by atoms with van der Waals surface area (Å²) in [5.74, 6) is -0.665. The van der Waals surface area contributed by atoms with E-state index >= 15 is 0 Å². The second-order valence-corrected chi connectivity index (χ2v) is 7.72. The normalized spacial score (nSPS) is 16.6. The monoisotopic (exact) mass is 560 g/mol. The maximum atomic E-state index is 12.0. The third kappa shape index (κ3) is 11.5. The Balaban J connectivity index is 0.000000351. The fourth-order valence-corrected chi connectivity index (χ4v) is 3.46. The lowest BCUT2D eigenvalue weighted by Gasteiger charge is -2.35. The fraction of sp³-hybridized carbons (Fsp3) is 0.480. The number of H-pyrrole nitrogens is 1. The van der Waals surface area contributed by atoms with E-state index in [1.54, 1.807) is 41.5 Å². The Hall–Kier alpha value is -3.19. The quantitative estimate of drug-likeness (QED) is 0.374. The van der Waals surface area contributed by atoms with Crippen molar-refractivity contribution in [2.45, 2.75) is 39.5 Å². The molecule has 0 radical (unpaired) electrons. The number of carbonyl (C=O) groups excluding carboxylic acids is 2. The first kappa shape index (κ1) is 32.8. The third-order valence-electron chi connectivity index (χ3n) is 5.07. The van der Waals surface area contributed by atoms with E-state index in [-0.39, 0.29) is 5.91 Å². The van der Waals surface area contributed by atoms with E-state index in [4.69, 9.17) is 9.15 Å². The van der Waals surface area contributed by atoms with Gasteiger partial charge in [0.15, 0.2) is 5.58 Å². The summed E-state index contributed by atoms with van der Waals surface area (Å²) in [7, 11) is 0. The number of anilines is 1. The summed E-state index contributed by atoms with van der Waals surface area (Å²) in [6.07, 6.45) is 3.50. The van der Waals surface area contributed by atoms with Crippen molar-refractivity contribution in [2.24, 2.45) is 0 Å². The molecule has 1 atom stereocenters. The number of halogens is 3. The molecule has 0 bridgehead atoms. The molecular formula is C25H35F3N4O5S. The van der Waals surface area contributed by atoms with Crippen molar-refractivity contribution in [1.29, 1.82) is 0 Å². The van der Waals surface area contributed by atoms with Crippen molar-refractivity contribution in [3.05, 3.63) is 52.7 Å². The van der Waals surface area contributed by atoms with Crippen LogP contribution in [0.2, 0.25) is 0 Å². The Bertz CT molecular complexity index is 1120. The maximum Gasteiger partial charge on any atom is 0.417 e. The van der Waals surface area contributed by atoms with Gasteiger partial charge in [-0.3, -0.25) is 14.6 Å². The first-order valence-corrected chi connectivity index (χ1v) is 12.9. The Morgan fingerprint density at radius 1 is 1.24 bits per heavy atom. The van der Waals surface area contributed by atoms with Crippen LogP contribution in [0.5, 0.6) is 0 Å². The van der Waals surface area contributed by atoms with E-state index in [2.05, 4.69) is 27.8 Å². The van der Waals surface area contributed by atoms with Crippen molar-refractivity contribution in [2.75, 3.05) is 44.4 Å². The molecule has 9 nitrogen and oxygen atoms in total. The predicted molar refractivity (Wildman–Crippen MR) is 144 cm³/mol. The first-order valence-electron chi connectivity index (χ1n) is 12.0. The molecule has 13 heteroatoms. The number of nitrogens with one attached hydrogen (secondary N) is 2. The average Bonchev–Trinajstić information content (AvgIpc) is 3.29. The molecule has 0 spiro atoms. The smallest absolute Gasteiger partial charge is 0.408 e. The van der Waals surface area contributed by atoms with Crippen LogP contribution in [0.4, 0.5) is 18.9 Å². The van der Waals surface area contributed by atoms with Crippen molar-refractivity contribution in [3.63, 3.8) is 0 Å². The van der Waals surface area contributed by atoms with Crippen LogP contribution in [0.15, 0.2) is 51.3 Å². The van der Waals surface area contributed by atoms with Gasteiger partial charge in [0.05, 0.1) is 11.6 Å². The molecule has 2 amide bonds. The van der Waals surface area contributed by atoms with E-state index < -0.39 is 24.6 Å². The van der Waals surface area contributed by atoms with Gasteiger partial charge in [-0.2, -0.15) is 25.8 Å². The number of aromatic nitrogens is 1. The zero-order chi connectivity index (χ0) is 28.7. The summed E-state index contributed by atoms with van der Waals surface area (Å²) in [5, 5.41) is 2.59. The van der Waals surface area contributed by atoms with Crippen molar-refractivity contribution in [1.82, 2.24) is 14.8 Å². The van der Waals surface area contributed by atoms with Gasteiger partial charge in [-0.1, -0.05) is 26.0 Å². The molecule has 1 fully saturated rings. The molecule has 1 saturated heterocycles. The average molecular weight is 561 g/mol. The minimum Gasteiger partial charge on any atom is -0.408 e. The second kappa shape index (κ2) is 16.6. The lowest BCUT2D eigenvalue weighted by atomic mass is 10.1. The van der Waals surface area contributed by atoms with E-state index in [1.807, 2.05) is 19.9 Å². The third-order valence-corrected chi connectivity index (χ3v) is 5.07. The zero-order valence-electron chi connectivity index (χ0n) is 21.9. The molecule has 2 heterocycles. The topological polar surface area (TPSA) is 108 Å². The summed E-state index contributed by atoms with van der Waals surface area (Å²) in [4.78, 5) is 38.5. The molecule has 0 unspecified atom stereocenters. The Morgan fingerprint density at radius 2 is 1.89 bits per heavy atom. The summed E-state index contributed by atoms with van der Waals surface area (Å²) in [6.45, 7) is 7.01. The van der Waals surface area contributed by atoms with Gasteiger partial charge in [-0.25, -0.2) is 4.79 Å². The molecule has 38 heavy (non-hydrogen) atoms. The van der Waals surface area contributed by atoms with Crippen LogP contribution in [0.1, 0.15) is 27.2 Å². The zero-order valence-corrected chi connectivity index (χ0v) is 22.8. The van der Waals surface area contributed by atoms with Gasteiger partial charge in [0, 0.05) is 50.6 Å². The summed E-state index contributed by atoms with van der Waals surface area (Å²) in [5.41, 5.74) is 2.64. The van der Waals surface area contributed by atoms with Gasteiger partial charge in [-0.15, -0.1) is 0 Å². The van der Waals surface area contributed by atoms with Crippen LogP contribution in [0.3, 0.4) is 0 Å². The van der Waals surface area contributed by atoms with Gasteiger partial charge in [0.25, 0.3) is 0 Å². The van der Waals surface area contributed by atoms with Crippen molar-refractivity contribution < 1.29 is 31.9 Å². The number of hydrogen-bond donors (Lipinski definition) is 3. The molecule has 2 N–H and O–H groups in total. The highest BCUT2D eigenvalue weighted by atomic mass is 32.1. The minimum absolute atomic E-state index is 0.165. The number of alkyl halides is 3. The van der Waals surface area contributed by atoms with E-state index in [1.165, 1.54) is 6.92 Å². The van der Waals surface area contributed by atoms with Crippen LogP contribution >= 0.6 is 12.6 Å². The highest BCUT2D eigenvalue weighted by Gasteiger charge is 2.29. The number of carbonyl (C=O) groups is 2. The number of piperazine rings is 1. The second-order valence-electron chi connectivity index (χ2n) is 7.72. The number of allylic oxidation sites excluding steroid dienone is 1. The summed E-state index contributed by atoms with van der Waals surface area (Å²) in [6, 6.07) is 4.95. The minimum atomic E-state index is -4.29. The fourth-order valence-electron chi connectivity index (χ4n) is 3.46. The number of amides is 2. The molecule has 1 aliphatic heterocycles. The number of ether oxygens (including phenoxy) is 1. The van der Waals surface area contributed by atoms with Gasteiger partial charge in [0.1, 0.15) is 6.61 Å². The van der Waals surface area contributed by atoms with Crippen LogP contribution in [-0.4, -0.2) is 78.4 Å². The van der Waals surface area contributed by atoms with Gasteiger partial charge in [0.2, 0.25) is 12.3 Å². The van der Waals surface area contributed by atoms with E-state index in [0.717, 1.165) is 25.2 Å². The lowest BCUT2D eigenvalue weighted by Crippen LogP contribution is -2.45. The maximum absolute atomic E-state index is 12.0. The highest BCUT2D eigenvalue weighted by molar-refractivity contribution is 7.79. The largest absolute Gasteiger partial charge is 0.417 e. The van der Waals surface area contributed by atoms with E-state index in [0.29, 0.717) is 36.3 Å². The molecule has 2 aliphatic rings. The summed E-state index contributed by atoms with van der Waals surface area (Å²) < 4.78 is 45.7. The Kier molecular flexibility index (Phi) is 14.4. The number of fused-ring (bicyclic) bond motifs is 1. The van der Waals surface area contributed by atoms with E-state index in [9.17, 15) is 27.6 Å². The molecule has 1 aromatic heterocycles. The highest BCUT2D eigenvalue weighted by Crippen LogP contribution is 2.21. The van der Waals surface area contributed by atoms with Crippen molar-refractivity contribution >= 4 is 41.7 Å². The van der Waals surface area contributed by atoms with Crippen LogP contribution in [0, 0.1) is 0 Å². The van der Waals surface area contributed by atoms with Crippen LogP contribution in [-0.2, 0) is 14.3 Å². The number of hydrogen-bond acceptors (Lipinski definition) is 7. The molecule has 0 saturated carbocycles. The van der Waals surface area contributed by atoms with Gasteiger partial charge < -0.3 is 24.3 Å². The Labute approximate surface area is 225 Å². The van der Waals surface area contributed by atoms with Gasteiger partial charge in [-0.05, 0) is 30.9 Å². The van der Waals surface area contributed by atoms with Crippen LogP contribution in [0.25, 0.3) is 11.1 Å². The lowest BCUT2D eigenvalue weighted by molar-refractivity contribution is -0.180. The molecule has 4 rings (SSSR count). The molecule has 1 aliphatic carbocycles. The first-order chi connectivity index (χ1) is 18.1. The van der Waals surface area contributed by atoms with Gasteiger partial charge >= 0.3 is 11.9 Å².